The van der Waals surface area contributed by atoms with Crippen LogP contribution in [0.1, 0.15) is 19.8 Å². The minimum Gasteiger partial charge on any atom is -0.366 e. The Morgan fingerprint density at radius 1 is 1.35 bits per heavy atom. The molecule has 1 heterocycles. The van der Waals surface area contributed by atoms with E-state index in [1.54, 1.807) is 6.92 Å². The molecule has 0 atom stereocenters. The fourth-order valence-corrected chi connectivity index (χ4v) is 3.38. The second-order valence-corrected chi connectivity index (χ2v) is 6.37. The fourth-order valence-electron chi connectivity index (χ4n) is 2.32. The zero-order valence-electron chi connectivity index (χ0n) is 11.2. The van der Waals surface area contributed by atoms with Gasteiger partial charge >= 0.3 is 0 Å². The molecule has 1 aromatic carbocycles. The molecule has 0 aliphatic carbocycles. The van der Waals surface area contributed by atoms with Crippen molar-refractivity contribution in [1.82, 2.24) is 4.72 Å². The van der Waals surface area contributed by atoms with Crippen molar-refractivity contribution in [2.75, 3.05) is 24.5 Å². The second-order valence-electron chi connectivity index (χ2n) is 4.60. The van der Waals surface area contributed by atoms with Crippen molar-refractivity contribution in [2.24, 2.45) is 0 Å². The Bertz CT molecular complexity index is 609. The molecule has 7 nitrogen and oxygen atoms in total. The van der Waals surface area contributed by atoms with Gasteiger partial charge in [0.2, 0.25) is 10.0 Å². The summed E-state index contributed by atoms with van der Waals surface area (Å²) in [6.45, 7) is 3.43. The first-order valence-electron chi connectivity index (χ1n) is 6.49. The molecule has 0 amide bonds. The molecule has 1 N–H and O–H groups in total. The topological polar surface area (TPSA) is 92.6 Å². The number of hydrogen-bond acceptors (Lipinski definition) is 5. The van der Waals surface area contributed by atoms with E-state index in [2.05, 4.69) is 4.72 Å². The maximum Gasteiger partial charge on any atom is 0.293 e. The lowest BCUT2D eigenvalue weighted by molar-refractivity contribution is -0.384. The summed E-state index contributed by atoms with van der Waals surface area (Å²) in [5.41, 5.74) is 0.328. The van der Waals surface area contributed by atoms with E-state index in [9.17, 15) is 18.5 Å². The normalized spacial score (nSPS) is 15.6. The summed E-state index contributed by atoms with van der Waals surface area (Å²) in [5, 5.41) is 11.2. The smallest absolute Gasteiger partial charge is 0.293 e. The molecule has 1 aliphatic rings. The van der Waals surface area contributed by atoms with E-state index in [4.69, 9.17) is 0 Å². The van der Waals surface area contributed by atoms with Crippen molar-refractivity contribution in [1.29, 1.82) is 0 Å². The Morgan fingerprint density at radius 3 is 2.55 bits per heavy atom. The minimum atomic E-state index is -3.68. The number of rotatable bonds is 5. The molecular formula is C12H17N3O4S. The molecule has 8 heteroatoms. The summed E-state index contributed by atoms with van der Waals surface area (Å²) in [6, 6.07) is 4.07. The van der Waals surface area contributed by atoms with Gasteiger partial charge in [-0.05, 0) is 25.0 Å². The van der Waals surface area contributed by atoms with Crippen LogP contribution in [0.2, 0.25) is 0 Å². The van der Waals surface area contributed by atoms with Crippen LogP contribution in [0.4, 0.5) is 11.4 Å². The minimum absolute atomic E-state index is 0.0750. The van der Waals surface area contributed by atoms with Crippen LogP contribution in [0.15, 0.2) is 23.1 Å². The van der Waals surface area contributed by atoms with E-state index in [1.165, 1.54) is 12.1 Å². The van der Waals surface area contributed by atoms with Gasteiger partial charge in [-0.1, -0.05) is 6.92 Å². The van der Waals surface area contributed by atoms with Gasteiger partial charge in [0.25, 0.3) is 5.69 Å². The number of benzene rings is 1. The molecule has 0 spiro atoms. The third-order valence-corrected chi connectivity index (χ3v) is 4.78. The van der Waals surface area contributed by atoms with Gasteiger partial charge in [0.15, 0.2) is 0 Å². The lowest BCUT2D eigenvalue weighted by Gasteiger charge is -2.17. The van der Waals surface area contributed by atoms with Crippen LogP contribution in [0.25, 0.3) is 0 Å². The maximum atomic E-state index is 11.9. The van der Waals surface area contributed by atoms with Crippen LogP contribution >= 0.6 is 0 Å². The Hall–Kier alpha value is -1.67. The Labute approximate surface area is 117 Å². The zero-order valence-corrected chi connectivity index (χ0v) is 12.0. The average Bonchev–Trinajstić information content (AvgIpc) is 2.91. The van der Waals surface area contributed by atoms with Gasteiger partial charge in [-0.25, -0.2) is 13.1 Å². The number of anilines is 1. The van der Waals surface area contributed by atoms with Gasteiger partial charge < -0.3 is 4.90 Å². The number of nitrogens with one attached hydrogen (secondary N) is 1. The van der Waals surface area contributed by atoms with Crippen LogP contribution < -0.4 is 9.62 Å². The third-order valence-electron chi connectivity index (χ3n) is 3.23. The maximum absolute atomic E-state index is 11.9. The highest BCUT2D eigenvalue weighted by molar-refractivity contribution is 7.89. The molecule has 0 unspecified atom stereocenters. The van der Waals surface area contributed by atoms with E-state index < -0.39 is 14.9 Å². The number of sulfonamides is 1. The first-order chi connectivity index (χ1) is 9.45. The van der Waals surface area contributed by atoms with Crippen molar-refractivity contribution in [3.8, 4) is 0 Å². The van der Waals surface area contributed by atoms with Crippen molar-refractivity contribution < 1.29 is 13.3 Å². The lowest BCUT2D eigenvalue weighted by Crippen LogP contribution is -2.24. The van der Waals surface area contributed by atoms with Crippen LogP contribution in [0, 0.1) is 10.1 Å². The van der Waals surface area contributed by atoms with Gasteiger partial charge in [0.05, 0.1) is 9.82 Å². The summed E-state index contributed by atoms with van der Waals surface area (Å²) in [7, 11) is -3.68. The van der Waals surface area contributed by atoms with Gasteiger partial charge in [0, 0.05) is 25.7 Å². The van der Waals surface area contributed by atoms with E-state index >= 15 is 0 Å². The molecule has 1 saturated heterocycles. The highest BCUT2D eigenvalue weighted by Gasteiger charge is 2.25. The number of nitro benzene ring substituents is 1. The number of nitrogens with zero attached hydrogens (tertiary/aromatic N) is 2. The van der Waals surface area contributed by atoms with Crippen molar-refractivity contribution in [3.63, 3.8) is 0 Å². The van der Waals surface area contributed by atoms with Crippen LogP contribution in [-0.2, 0) is 10.0 Å². The molecule has 1 fully saturated rings. The zero-order chi connectivity index (χ0) is 14.8. The molecule has 0 bridgehead atoms. The number of nitro groups is 1. The van der Waals surface area contributed by atoms with Crippen LogP contribution in [0.3, 0.4) is 0 Å². The van der Waals surface area contributed by atoms with Crippen LogP contribution in [-0.4, -0.2) is 33.0 Å². The number of hydrogen-bond donors (Lipinski definition) is 1. The summed E-state index contributed by atoms with van der Waals surface area (Å²) in [6.07, 6.45) is 1.99. The molecule has 110 valence electrons. The Kier molecular flexibility index (Phi) is 4.24. The average molecular weight is 299 g/mol. The van der Waals surface area contributed by atoms with Gasteiger partial charge in [-0.15, -0.1) is 0 Å². The second kappa shape index (κ2) is 5.76. The summed E-state index contributed by atoms with van der Waals surface area (Å²) < 4.78 is 26.1. The lowest BCUT2D eigenvalue weighted by atomic mass is 10.2. The van der Waals surface area contributed by atoms with Crippen molar-refractivity contribution >= 4 is 21.4 Å². The molecule has 0 saturated carbocycles. The molecule has 1 aromatic rings. The molecule has 0 aromatic heterocycles. The third kappa shape index (κ3) is 2.91. The highest BCUT2D eigenvalue weighted by atomic mass is 32.2. The standard InChI is InChI=1S/C12H17N3O4S/c1-2-13-20(18,19)10-5-6-11(12(9-10)15(16)17)14-7-3-4-8-14/h5-6,9,13H,2-4,7-8H2,1H3. The van der Waals surface area contributed by atoms with E-state index in [1.807, 2.05) is 4.90 Å². The Morgan fingerprint density at radius 2 is 2.00 bits per heavy atom. The highest BCUT2D eigenvalue weighted by Crippen LogP contribution is 2.32. The molecular weight excluding hydrogens is 282 g/mol. The summed E-state index contributed by atoms with van der Waals surface area (Å²) in [4.78, 5) is 12.5. The summed E-state index contributed by atoms with van der Waals surface area (Å²) >= 11 is 0. The fraction of sp³-hybridized carbons (Fsp3) is 0.500. The largest absolute Gasteiger partial charge is 0.366 e. The van der Waals surface area contributed by atoms with Gasteiger partial charge in [-0.3, -0.25) is 10.1 Å². The Balaban J connectivity index is 2.45. The molecule has 2 rings (SSSR count). The quantitative estimate of drug-likeness (QED) is 0.657. The molecule has 1 aliphatic heterocycles. The predicted octanol–water partition coefficient (Wildman–Crippen LogP) is 1.49. The van der Waals surface area contributed by atoms with Crippen LogP contribution in [0.5, 0.6) is 0 Å². The first-order valence-corrected chi connectivity index (χ1v) is 7.97. The van der Waals surface area contributed by atoms with E-state index in [0.717, 1.165) is 32.0 Å². The molecule has 20 heavy (non-hydrogen) atoms. The SMILES string of the molecule is CCNS(=O)(=O)c1ccc(N2CCCC2)c([N+](=O)[O-])c1. The van der Waals surface area contributed by atoms with Gasteiger partial charge in [0.1, 0.15) is 5.69 Å². The monoisotopic (exact) mass is 299 g/mol. The first kappa shape index (κ1) is 14.7. The summed E-state index contributed by atoms with van der Waals surface area (Å²) in [5.74, 6) is 0. The van der Waals surface area contributed by atoms with E-state index in [-0.39, 0.29) is 17.1 Å². The van der Waals surface area contributed by atoms with Gasteiger partial charge in [-0.2, -0.15) is 0 Å². The van der Waals surface area contributed by atoms with Crippen molar-refractivity contribution in [2.45, 2.75) is 24.7 Å². The predicted molar refractivity (Wildman–Crippen MR) is 75.4 cm³/mol. The van der Waals surface area contributed by atoms with Crippen molar-refractivity contribution in [3.05, 3.63) is 28.3 Å². The molecule has 0 radical (unpaired) electrons. The van der Waals surface area contributed by atoms with E-state index in [0.29, 0.717) is 5.69 Å².